The van der Waals surface area contributed by atoms with E-state index in [9.17, 15) is 0 Å². The van der Waals surface area contributed by atoms with Crippen molar-refractivity contribution in [3.05, 3.63) is 35.9 Å². The van der Waals surface area contributed by atoms with Gasteiger partial charge in [0.1, 0.15) is 0 Å². The van der Waals surface area contributed by atoms with Crippen LogP contribution in [-0.4, -0.2) is 12.1 Å². The quantitative estimate of drug-likeness (QED) is 0.756. The van der Waals surface area contributed by atoms with E-state index < -0.39 is 0 Å². The first kappa shape index (κ1) is 11.7. The Morgan fingerprint density at radius 2 is 1.50 bits per heavy atom. The molecule has 2 bridgehead atoms. The molecule has 2 saturated heterocycles. The molecule has 2 unspecified atom stereocenters. The van der Waals surface area contributed by atoms with Crippen LogP contribution in [0.4, 0.5) is 0 Å². The third-order valence-electron chi connectivity index (χ3n) is 3.74. The first-order valence-electron chi connectivity index (χ1n) is 6.73. The van der Waals surface area contributed by atoms with E-state index in [1.54, 1.807) is 5.56 Å². The van der Waals surface area contributed by atoms with Gasteiger partial charge in [-0.1, -0.05) is 44.2 Å². The molecule has 1 N–H and O–H groups in total. The topological polar surface area (TPSA) is 12.0 Å². The molecule has 0 saturated carbocycles. The van der Waals surface area contributed by atoms with E-state index in [1.807, 2.05) is 13.8 Å². The van der Waals surface area contributed by atoms with Gasteiger partial charge in [0.05, 0.1) is 0 Å². The van der Waals surface area contributed by atoms with Crippen LogP contribution in [0.1, 0.15) is 51.0 Å². The molecule has 0 amide bonds. The highest BCUT2D eigenvalue weighted by Gasteiger charge is 2.33. The molecule has 2 fully saturated rings. The van der Waals surface area contributed by atoms with Gasteiger partial charge in [0.25, 0.3) is 0 Å². The zero-order valence-electron chi connectivity index (χ0n) is 10.4. The van der Waals surface area contributed by atoms with Crippen molar-refractivity contribution >= 4 is 0 Å². The number of hydrogen-bond acceptors (Lipinski definition) is 1. The maximum absolute atomic E-state index is 3.69. The van der Waals surface area contributed by atoms with Crippen LogP contribution in [0.25, 0.3) is 0 Å². The standard InChI is InChI=1S/C13H17N.C2H6/c1-2-4-10(5-3-1)11-8-12-6-7-13(9-11)14-12;1-2/h1-5,11-14H,6-9H2;1-2H3. The Balaban J connectivity index is 0.000000457. The summed E-state index contributed by atoms with van der Waals surface area (Å²) in [7, 11) is 0. The van der Waals surface area contributed by atoms with Crippen molar-refractivity contribution in [2.75, 3.05) is 0 Å². The van der Waals surface area contributed by atoms with Gasteiger partial charge in [-0.3, -0.25) is 0 Å². The Morgan fingerprint density at radius 3 is 2.06 bits per heavy atom. The molecular weight excluding hydrogens is 194 g/mol. The maximum atomic E-state index is 3.69. The van der Waals surface area contributed by atoms with Crippen LogP contribution in [-0.2, 0) is 0 Å². The highest BCUT2D eigenvalue weighted by molar-refractivity contribution is 5.21. The van der Waals surface area contributed by atoms with E-state index in [4.69, 9.17) is 0 Å². The van der Waals surface area contributed by atoms with Crippen LogP contribution in [0.2, 0.25) is 0 Å². The third-order valence-corrected chi connectivity index (χ3v) is 3.74. The van der Waals surface area contributed by atoms with Gasteiger partial charge in [-0.25, -0.2) is 0 Å². The molecule has 0 radical (unpaired) electrons. The van der Waals surface area contributed by atoms with Gasteiger partial charge < -0.3 is 5.32 Å². The van der Waals surface area contributed by atoms with Crippen LogP contribution in [0.15, 0.2) is 30.3 Å². The molecule has 88 valence electrons. The Kier molecular flexibility index (Phi) is 4.00. The highest BCUT2D eigenvalue weighted by atomic mass is 15.0. The molecule has 16 heavy (non-hydrogen) atoms. The van der Waals surface area contributed by atoms with Gasteiger partial charge in [0.2, 0.25) is 0 Å². The molecule has 2 heterocycles. The summed E-state index contributed by atoms with van der Waals surface area (Å²) in [5.41, 5.74) is 1.55. The van der Waals surface area contributed by atoms with Crippen LogP contribution < -0.4 is 5.32 Å². The Hall–Kier alpha value is -0.820. The number of hydrogen-bond donors (Lipinski definition) is 1. The summed E-state index contributed by atoms with van der Waals surface area (Å²) in [4.78, 5) is 0. The van der Waals surface area contributed by atoms with Gasteiger partial charge in [0.15, 0.2) is 0 Å². The summed E-state index contributed by atoms with van der Waals surface area (Å²) < 4.78 is 0. The highest BCUT2D eigenvalue weighted by Crippen LogP contribution is 2.36. The predicted octanol–water partition coefficient (Wildman–Crippen LogP) is 3.71. The van der Waals surface area contributed by atoms with Gasteiger partial charge in [-0.05, 0) is 37.2 Å². The van der Waals surface area contributed by atoms with Crippen molar-refractivity contribution < 1.29 is 0 Å². The largest absolute Gasteiger partial charge is 0.311 e. The number of benzene rings is 1. The van der Waals surface area contributed by atoms with Crippen LogP contribution in [0.5, 0.6) is 0 Å². The van der Waals surface area contributed by atoms with Gasteiger partial charge >= 0.3 is 0 Å². The zero-order valence-corrected chi connectivity index (χ0v) is 10.4. The molecule has 0 aromatic heterocycles. The van der Waals surface area contributed by atoms with Crippen molar-refractivity contribution in [2.45, 2.75) is 57.5 Å². The fraction of sp³-hybridized carbons (Fsp3) is 0.600. The normalized spacial score (nSPS) is 31.8. The molecule has 2 aliphatic heterocycles. The lowest BCUT2D eigenvalue weighted by molar-refractivity contribution is 0.363. The van der Waals surface area contributed by atoms with Crippen molar-refractivity contribution in [1.29, 1.82) is 0 Å². The maximum Gasteiger partial charge on any atom is 0.00760 e. The molecular formula is C15H23N. The summed E-state index contributed by atoms with van der Waals surface area (Å²) in [6, 6.07) is 12.6. The average molecular weight is 217 g/mol. The summed E-state index contributed by atoms with van der Waals surface area (Å²) in [6.45, 7) is 4.00. The second-order valence-corrected chi connectivity index (χ2v) is 4.72. The second kappa shape index (κ2) is 5.49. The van der Waals surface area contributed by atoms with Gasteiger partial charge in [0, 0.05) is 12.1 Å². The van der Waals surface area contributed by atoms with Gasteiger partial charge in [-0.15, -0.1) is 0 Å². The first-order chi connectivity index (χ1) is 7.92. The number of nitrogens with one attached hydrogen (secondary N) is 1. The van der Waals surface area contributed by atoms with E-state index in [0.717, 1.165) is 18.0 Å². The number of rotatable bonds is 1. The molecule has 1 aromatic rings. The molecule has 1 aromatic carbocycles. The first-order valence-corrected chi connectivity index (χ1v) is 6.73. The number of fused-ring (bicyclic) bond motifs is 2. The summed E-state index contributed by atoms with van der Waals surface area (Å²) in [5.74, 6) is 0.815. The minimum absolute atomic E-state index is 0.805. The lowest BCUT2D eigenvalue weighted by atomic mass is 9.86. The van der Waals surface area contributed by atoms with Crippen molar-refractivity contribution in [1.82, 2.24) is 5.32 Å². The summed E-state index contributed by atoms with van der Waals surface area (Å²) in [6.07, 6.45) is 5.49. The Morgan fingerprint density at radius 1 is 0.938 bits per heavy atom. The molecule has 2 aliphatic rings. The predicted molar refractivity (Wildman–Crippen MR) is 69.7 cm³/mol. The third kappa shape index (κ3) is 2.46. The van der Waals surface area contributed by atoms with Crippen molar-refractivity contribution in [3.63, 3.8) is 0 Å². The minimum Gasteiger partial charge on any atom is -0.311 e. The lowest BCUT2D eigenvalue weighted by Gasteiger charge is -2.29. The zero-order chi connectivity index (χ0) is 11.4. The van der Waals surface area contributed by atoms with E-state index in [0.29, 0.717) is 0 Å². The second-order valence-electron chi connectivity index (χ2n) is 4.72. The smallest absolute Gasteiger partial charge is 0.00760 e. The van der Waals surface area contributed by atoms with E-state index >= 15 is 0 Å². The SMILES string of the molecule is CC.c1ccc(C2CC3CCC(C2)N3)cc1. The number of piperidine rings is 1. The van der Waals surface area contributed by atoms with Crippen LogP contribution >= 0.6 is 0 Å². The van der Waals surface area contributed by atoms with E-state index in [2.05, 4.69) is 35.6 Å². The fourth-order valence-corrected chi connectivity index (χ4v) is 3.05. The monoisotopic (exact) mass is 217 g/mol. The summed E-state index contributed by atoms with van der Waals surface area (Å²) >= 11 is 0. The lowest BCUT2D eigenvalue weighted by Crippen LogP contribution is -2.37. The molecule has 3 rings (SSSR count). The minimum atomic E-state index is 0.805. The Labute approximate surface area is 99.3 Å². The van der Waals surface area contributed by atoms with E-state index in [1.165, 1.54) is 25.7 Å². The van der Waals surface area contributed by atoms with Crippen molar-refractivity contribution in [3.8, 4) is 0 Å². The van der Waals surface area contributed by atoms with Crippen LogP contribution in [0.3, 0.4) is 0 Å². The summed E-state index contributed by atoms with van der Waals surface area (Å²) in [5, 5.41) is 3.69. The molecule has 0 spiro atoms. The Bertz CT molecular complexity index is 294. The molecule has 0 aliphatic carbocycles. The molecule has 1 heteroatoms. The fourth-order valence-electron chi connectivity index (χ4n) is 3.05. The molecule has 1 nitrogen and oxygen atoms in total. The van der Waals surface area contributed by atoms with Crippen LogP contribution in [0, 0.1) is 0 Å². The van der Waals surface area contributed by atoms with E-state index in [-0.39, 0.29) is 0 Å². The van der Waals surface area contributed by atoms with Crippen molar-refractivity contribution in [2.24, 2.45) is 0 Å². The van der Waals surface area contributed by atoms with Gasteiger partial charge in [-0.2, -0.15) is 0 Å². The molecule has 2 atom stereocenters. The average Bonchev–Trinajstić information content (AvgIpc) is 2.72.